The summed E-state index contributed by atoms with van der Waals surface area (Å²) in [6.07, 6.45) is 5.93. The molecular formula is C13H20N6. The van der Waals surface area contributed by atoms with Crippen molar-refractivity contribution in [3.63, 3.8) is 0 Å². The fourth-order valence-corrected chi connectivity index (χ4v) is 1.78. The SMILES string of the molecule is CN=C(NCCn1cccc1)NCc1cn[nH]c1C. The van der Waals surface area contributed by atoms with Crippen molar-refractivity contribution in [2.45, 2.75) is 20.0 Å². The van der Waals surface area contributed by atoms with Gasteiger partial charge in [0.2, 0.25) is 0 Å². The molecule has 0 amide bonds. The van der Waals surface area contributed by atoms with E-state index in [1.807, 2.05) is 37.6 Å². The lowest BCUT2D eigenvalue weighted by molar-refractivity contribution is 0.665. The molecule has 0 aliphatic heterocycles. The van der Waals surface area contributed by atoms with Crippen molar-refractivity contribution in [3.8, 4) is 0 Å². The summed E-state index contributed by atoms with van der Waals surface area (Å²) in [5.74, 6) is 0.799. The molecule has 0 fully saturated rings. The zero-order valence-corrected chi connectivity index (χ0v) is 11.3. The van der Waals surface area contributed by atoms with Crippen LogP contribution in [0.5, 0.6) is 0 Å². The predicted octanol–water partition coefficient (Wildman–Crippen LogP) is 0.885. The summed E-state index contributed by atoms with van der Waals surface area (Å²) < 4.78 is 2.13. The number of aromatic nitrogens is 3. The summed E-state index contributed by atoms with van der Waals surface area (Å²) in [5.41, 5.74) is 2.23. The smallest absolute Gasteiger partial charge is 0.191 e. The van der Waals surface area contributed by atoms with Crippen LogP contribution in [-0.4, -0.2) is 34.3 Å². The van der Waals surface area contributed by atoms with E-state index in [1.54, 1.807) is 7.05 Å². The molecule has 0 spiro atoms. The van der Waals surface area contributed by atoms with E-state index in [2.05, 4.69) is 30.4 Å². The average Bonchev–Trinajstić information content (AvgIpc) is 3.05. The minimum absolute atomic E-state index is 0.714. The molecule has 2 rings (SSSR count). The first-order valence-electron chi connectivity index (χ1n) is 6.33. The minimum Gasteiger partial charge on any atom is -0.355 e. The van der Waals surface area contributed by atoms with Crippen LogP contribution in [0.3, 0.4) is 0 Å². The van der Waals surface area contributed by atoms with Crippen LogP contribution in [0, 0.1) is 6.92 Å². The first kappa shape index (κ1) is 13.2. The second-order valence-corrected chi connectivity index (χ2v) is 4.29. The molecule has 0 aliphatic carbocycles. The lowest BCUT2D eigenvalue weighted by Crippen LogP contribution is -2.38. The number of hydrogen-bond acceptors (Lipinski definition) is 2. The quantitative estimate of drug-likeness (QED) is 0.552. The molecule has 6 nitrogen and oxygen atoms in total. The number of guanidine groups is 1. The first-order chi connectivity index (χ1) is 9.29. The molecule has 2 aromatic heterocycles. The van der Waals surface area contributed by atoms with Gasteiger partial charge in [-0.2, -0.15) is 5.10 Å². The molecule has 6 heteroatoms. The Labute approximate surface area is 112 Å². The Hall–Kier alpha value is -2.24. The van der Waals surface area contributed by atoms with Crippen LogP contribution in [0.2, 0.25) is 0 Å². The number of H-pyrrole nitrogens is 1. The summed E-state index contributed by atoms with van der Waals surface area (Å²) in [6.45, 7) is 4.47. The van der Waals surface area contributed by atoms with Crippen molar-refractivity contribution >= 4 is 5.96 Å². The van der Waals surface area contributed by atoms with Gasteiger partial charge in [0, 0.05) is 50.3 Å². The van der Waals surface area contributed by atoms with Gasteiger partial charge in [0.05, 0.1) is 6.20 Å². The van der Waals surface area contributed by atoms with Crippen LogP contribution in [0.1, 0.15) is 11.3 Å². The summed E-state index contributed by atoms with van der Waals surface area (Å²) >= 11 is 0. The van der Waals surface area contributed by atoms with Crippen molar-refractivity contribution in [1.29, 1.82) is 0 Å². The second kappa shape index (κ2) is 6.63. The van der Waals surface area contributed by atoms with E-state index in [4.69, 9.17) is 0 Å². The highest BCUT2D eigenvalue weighted by Gasteiger charge is 2.02. The van der Waals surface area contributed by atoms with E-state index in [0.717, 1.165) is 30.3 Å². The fraction of sp³-hybridized carbons (Fsp3) is 0.385. The van der Waals surface area contributed by atoms with E-state index >= 15 is 0 Å². The highest BCUT2D eigenvalue weighted by molar-refractivity contribution is 5.79. The topological polar surface area (TPSA) is 70.0 Å². The summed E-state index contributed by atoms with van der Waals surface area (Å²) in [7, 11) is 1.77. The lowest BCUT2D eigenvalue weighted by Gasteiger charge is -2.11. The van der Waals surface area contributed by atoms with E-state index < -0.39 is 0 Å². The Morgan fingerprint density at radius 2 is 2.16 bits per heavy atom. The van der Waals surface area contributed by atoms with Crippen LogP contribution < -0.4 is 10.6 Å². The second-order valence-electron chi connectivity index (χ2n) is 4.29. The highest BCUT2D eigenvalue weighted by atomic mass is 15.2. The van der Waals surface area contributed by atoms with E-state index in [-0.39, 0.29) is 0 Å². The number of nitrogens with one attached hydrogen (secondary N) is 3. The van der Waals surface area contributed by atoms with Crippen molar-refractivity contribution in [2.24, 2.45) is 4.99 Å². The van der Waals surface area contributed by atoms with Crippen molar-refractivity contribution < 1.29 is 0 Å². The molecular weight excluding hydrogens is 240 g/mol. The fourth-order valence-electron chi connectivity index (χ4n) is 1.78. The first-order valence-corrected chi connectivity index (χ1v) is 6.33. The van der Waals surface area contributed by atoms with Gasteiger partial charge >= 0.3 is 0 Å². The average molecular weight is 260 g/mol. The third-order valence-electron chi connectivity index (χ3n) is 2.93. The normalized spacial score (nSPS) is 11.6. The van der Waals surface area contributed by atoms with Crippen LogP contribution in [0.25, 0.3) is 0 Å². The Morgan fingerprint density at radius 1 is 1.37 bits per heavy atom. The lowest BCUT2D eigenvalue weighted by atomic mass is 10.3. The van der Waals surface area contributed by atoms with E-state index in [0.29, 0.717) is 6.54 Å². The summed E-state index contributed by atoms with van der Waals surface area (Å²) in [4.78, 5) is 4.19. The Bertz CT molecular complexity index is 511. The number of aryl methyl sites for hydroxylation is 1. The number of hydrogen-bond donors (Lipinski definition) is 3. The molecule has 0 aromatic carbocycles. The van der Waals surface area contributed by atoms with Gasteiger partial charge in [0.15, 0.2) is 5.96 Å². The largest absolute Gasteiger partial charge is 0.355 e. The summed E-state index contributed by atoms with van der Waals surface area (Å²) in [6, 6.07) is 4.05. The van der Waals surface area contributed by atoms with Gasteiger partial charge in [-0.1, -0.05) is 0 Å². The number of aliphatic imine (C=N–C) groups is 1. The van der Waals surface area contributed by atoms with Gasteiger partial charge in [0.25, 0.3) is 0 Å². The zero-order valence-electron chi connectivity index (χ0n) is 11.3. The van der Waals surface area contributed by atoms with Crippen LogP contribution >= 0.6 is 0 Å². The van der Waals surface area contributed by atoms with Gasteiger partial charge in [-0.25, -0.2) is 0 Å². The zero-order chi connectivity index (χ0) is 13.5. The molecule has 3 N–H and O–H groups in total. The third kappa shape index (κ3) is 3.87. The third-order valence-corrected chi connectivity index (χ3v) is 2.93. The van der Waals surface area contributed by atoms with Crippen LogP contribution in [-0.2, 0) is 13.1 Å². The van der Waals surface area contributed by atoms with Crippen LogP contribution in [0.15, 0.2) is 35.7 Å². The van der Waals surface area contributed by atoms with Crippen molar-refractivity contribution in [2.75, 3.05) is 13.6 Å². The van der Waals surface area contributed by atoms with Crippen molar-refractivity contribution in [1.82, 2.24) is 25.4 Å². The van der Waals surface area contributed by atoms with Crippen molar-refractivity contribution in [3.05, 3.63) is 42.0 Å². The van der Waals surface area contributed by atoms with Gasteiger partial charge in [-0.3, -0.25) is 10.1 Å². The van der Waals surface area contributed by atoms with E-state index in [9.17, 15) is 0 Å². The number of aromatic amines is 1. The Balaban J connectivity index is 1.73. The highest BCUT2D eigenvalue weighted by Crippen LogP contribution is 2.00. The Morgan fingerprint density at radius 3 is 2.79 bits per heavy atom. The predicted molar refractivity (Wildman–Crippen MR) is 76.0 cm³/mol. The van der Waals surface area contributed by atoms with Gasteiger partial charge in [0.1, 0.15) is 0 Å². The molecule has 0 aliphatic rings. The van der Waals surface area contributed by atoms with Gasteiger partial charge in [-0.15, -0.1) is 0 Å². The molecule has 2 aromatic rings. The molecule has 0 saturated heterocycles. The minimum atomic E-state index is 0.714. The maximum absolute atomic E-state index is 4.19. The summed E-state index contributed by atoms with van der Waals surface area (Å²) in [5, 5.41) is 13.5. The molecule has 0 saturated carbocycles. The molecule has 0 atom stereocenters. The molecule has 0 bridgehead atoms. The molecule has 0 unspecified atom stereocenters. The van der Waals surface area contributed by atoms with Gasteiger partial charge < -0.3 is 15.2 Å². The molecule has 102 valence electrons. The van der Waals surface area contributed by atoms with Crippen LogP contribution in [0.4, 0.5) is 0 Å². The molecule has 0 radical (unpaired) electrons. The standard InChI is InChI=1S/C13H20N6/c1-11-12(10-17-18-11)9-16-13(14-2)15-5-8-19-6-3-4-7-19/h3-4,6-7,10H,5,8-9H2,1-2H3,(H,17,18)(H2,14,15,16). The number of nitrogens with zero attached hydrogens (tertiary/aromatic N) is 3. The maximum atomic E-state index is 4.19. The number of rotatable bonds is 5. The van der Waals surface area contributed by atoms with Gasteiger partial charge in [-0.05, 0) is 19.1 Å². The maximum Gasteiger partial charge on any atom is 0.191 e. The Kier molecular flexibility index (Phi) is 4.60. The molecule has 19 heavy (non-hydrogen) atoms. The van der Waals surface area contributed by atoms with E-state index in [1.165, 1.54) is 0 Å². The molecule has 2 heterocycles. The monoisotopic (exact) mass is 260 g/mol.